The molecule has 3 rings (SSSR count). The Morgan fingerprint density at radius 2 is 1.30 bits per heavy atom. The average molecular weight is 359 g/mol. The number of hydrogen-bond donors (Lipinski definition) is 1. The molecule has 0 radical (unpaired) electrons. The van der Waals surface area contributed by atoms with E-state index in [1.54, 1.807) is 0 Å². The second-order valence-electron chi connectivity index (χ2n) is 6.83. The molecule has 0 aliphatic carbocycles. The van der Waals surface area contributed by atoms with Crippen LogP contribution in [0.2, 0.25) is 0 Å². The van der Waals surface area contributed by atoms with Gasteiger partial charge >= 0.3 is 0 Å². The number of rotatable bonds is 7. The lowest BCUT2D eigenvalue weighted by Gasteiger charge is -2.20. The number of benzene rings is 3. The second kappa shape index (κ2) is 9.04. The summed E-state index contributed by atoms with van der Waals surface area (Å²) >= 11 is 0. The van der Waals surface area contributed by atoms with Crippen LogP contribution in [0.1, 0.15) is 42.5 Å². The number of ether oxygens (including phenoxy) is 1. The molecule has 138 valence electrons. The molecule has 0 aromatic heterocycles. The number of carbonyl (C=O) groups excluding carboxylic acids is 1. The van der Waals surface area contributed by atoms with Crippen molar-refractivity contribution in [3.8, 4) is 5.75 Å². The zero-order chi connectivity index (χ0) is 19.1. The monoisotopic (exact) mass is 359 g/mol. The summed E-state index contributed by atoms with van der Waals surface area (Å²) in [6, 6.07) is 27.6. The largest absolute Gasteiger partial charge is 0.484 e. The molecule has 3 heteroatoms. The Balaban J connectivity index is 1.66. The van der Waals surface area contributed by atoms with Crippen molar-refractivity contribution in [2.24, 2.45) is 0 Å². The first kappa shape index (κ1) is 18.7. The van der Waals surface area contributed by atoms with Gasteiger partial charge in [-0.05, 0) is 34.7 Å². The Morgan fingerprint density at radius 1 is 0.778 bits per heavy atom. The molecular weight excluding hydrogens is 334 g/mol. The third kappa shape index (κ3) is 5.20. The maximum Gasteiger partial charge on any atom is 0.258 e. The van der Waals surface area contributed by atoms with E-state index in [-0.39, 0.29) is 18.6 Å². The maximum atomic E-state index is 12.5. The fraction of sp³-hybridized carbons (Fsp3) is 0.208. The number of nitrogens with one attached hydrogen (secondary N) is 1. The van der Waals surface area contributed by atoms with Gasteiger partial charge in [-0.2, -0.15) is 0 Å². The van der Waals surface area contributed by atoms with Crippen LogP contribution in [0.15, 0.2) is 84.9 Å². The molecule has 0 aliphatic heterocycles. The maximum absolute atomic E-state index is 12.5. The van der Waals surface area contributed by atoms with Crippen LogP contribution in [0, 0.1) is 0 Å². The fourth-order valence-corrected chi connectivity index (χ4v) is 2.95. The van der Waals surface area contributed by atoms with Crippen LogP contribution >= 0.6 is 0 Å². The molecule has 3 aromatic carbocycles. The van der Waals surface area contributed by atoms with E-state index >= 15 is 0 Å². The van der Waals surface area contributed by atoms with E-state index in [2.05, 4.69) is 19.2 Å². The topological polar surface area (TPSA) is 38.3 Å². The van der Waals surface area contributed by atoms with Crippen LogP contribution < -0.4 is 10.1 Å². The Bertz CT molecular complexity index is 803. The predicted octanol–water partition coefficient (Wildman–Crippen LogP) is 5.09. The summed E-state index contributed by atoms with van der Waals surface area (Å²) in [6.07, 6.45) is 0. The lowest BCUT2D eigenvalue weighted by Crippen LogP contribution is -2.33. The van der Waals surface area contributed by atoms with Gasteiger partial charge in [-0.3, -0.25) is 4.79 Å². The minimum absolute atomic E-state index is 0.0167. The van der Waals surface area contributed by atoms with Crippen LogP contribution in [-0.2, 0) is 4.79 Å². The van der Waals surface area contributed by atoms with Crippen molar-refractivity contribution in [1.82, 2.24) is 5.32 Å². The molecule has 0 saturated heterocycles. The van der Waals surface area contributed by atoms with Crippen LogP contribution in [0.4, 0.5) is 0 Å². The van der Waals surface area contributed by atoms with Gasteiger partial charge in [0.1, 0.15) is 5.75 Å². The second-order valence-corrected chi connectivity index (χ2v) is 6.83. The first-order valence-corrected chi connectivity index (χ1v) is 9.25. The van der Waals surface area contributed by atoms with Gasteiger partial charge in [-0.25, -0.2) is 0 Å². The lowest BCUT2D eigenvalue weighted by atomic mass is 9.99. The van der Waals surface area contributed by atoms with Gasteiger partial charge < -0.3 is 10.1 Å². The summed E-state index contributed by atoms with van der Waals surface area (Å²) in [5.41, 5.74) is 3.33. The molecule has 0 heterocycles. The highest BCUT2D eigenvalue weighted by molar-refractivity contribution is 5.78. The molecule has 3 aromatic rings. The van der Waals surface area contributed by atoms with E-state index < -0.39 is 0 Å². The molecule has 0 bridgehead atoms. The summed E-state index contributed by atoms with van der Waals surface area (Å²) < 4.78 is 5.66. The van der Waals surface area contributed by atoms with Gasteiger partial charge in [0.05, 0.1) is 6.04 Å². The van der Waals surface area contributed by atoms with Gasteiger partial charge in [0, 0.05) is 0 Å². The molecule has 0 unspecified atom stereocenters. The first-order chi connectivity index (χ1) is 13.1. The molecule has 1 amide bonds. The molecule has 27 heavy (non-hydrogen) atoms. The zero-order valence-corrected chi connectivity index (χ0v) is 15.8. The van der Waals surface area contributed by atoms with Crippen molar-refractivity contribution in [2.45, 2.75) is 25.8 Å². The van der Waals surface area contributed by atoms with Crippen molar-refractivity contribution < 1.29 is 9.53 Å². The SMILES string of the molecule is CC(C)c1ccc(OCC(=O)NC(c2ccccc2)c2ccccc2)cc1. The van der Waals surface area contributed by atoms with E-state index in [1.807, 2.05) is 84.9 Å². The highest BCUT2D eigenvalue weighted by Crippen LogP contribution is 2.22. The van der Waals surface area contributed by atoms with Crippen LogP contribution in [0.5, 0.6) is 5.75 Å². The molecule has 0 fully saturated rings. The molecule has 0 spiro atoms. The molecule has 0 saturated carbocycles. The zero-order valence-electron chi connectivity index (χ0n) is 15.8. The normalized spacial score (nSPS) is 10.8. The van der Waals surface area contributed by atoms with Crippen molar-refractivity contribution in [3.05, 3.63) is 102 Å². The van der Waals surface area contributed by atoms with Crippen molar-refractivity contribution in [2.75, 3.05) is 6.61 Å². The molecule has 0 atom stereocenters. The number of amides is 1. The molecular formula is C24H25NO2. The van der Waals surface area contributed by atoms with Gasteiger partial charge in [0.2, 0.25) is 0 Å². The minimum Gasteiger partial charge on any atom is -0.484 e. The quantitative estimate of drug-likeness (QED) is 0.638. The van der Waals surface area contributed by atoms with E-state index in [4.69, 9.17) is 4.74 Å². The molecule has 0 aliphatic rings. The average Bonchev–Trinajstić information content (AvgIpc) is 2.72. The van der Waals surface area contributed by atoms with E-state index in [1.165, 1.54) is 5.56 Å². The molecule has 1 N–H and O–H groups in total. The van der Waals surface area contributed by atoms with Crippen molar-refractivity contribution in [1.29, 1.82) is 0 Å². The summed E-state index contributed by atoms with van der Waals surface area (Å²) in [5, 5.41) is 3.09. The van der Waals surface area contributed by atoms with Gasteiger partial charge in [-0.1, -0.05) is 86.6 Å². The summed E-state index contributed by atoms with van der Waals surface area (Å²) in [6.45, 7) is 4.28. The summed E-state index contributed by atoms with van der Waals surface area (Å²) in [7, 11) is 0. The number of hydrogen-bond acceptors (Lipinski definition) is 2. The van der Waals surface area contributed by atoms with Gasteiger partial charge in [-0.15, -0.1) is 0 Å². The third-order valence-electron chi connectivity index (χ3n) is 4.49. The standard InChI is InChI=1S/C24H25NO2/c1-18(2)19-13-15-22(16-14-19)27-17-23(26)25-24(20-9-5-3-6-10-20)21-11-7-4-8-12-21/h3-16,18,24H,17H2,1-2H3,(H,25,26). The summed E-state index contributed by atoms with van der Waals surface area (Å²) in [5.74, 6) is 1.02. The van der Waals surface area contributed by atoms with E-state index in [0.717, 1.165) is 11.1 Å². The van der Waals surface area contributed by atoms with Gasteiger partial charge in [0.15, 0.2) is 6.61 Å². The van der Waals surface area contributed by atoms with Gasteiger partial charge in [0.25, 0.3) is 5.91 Å². The number of carbonyl (C=O) groups is 1. The van der Waals surface area contributed by atoms with Crippen LogP contribution in [0.3, 0.4) is 0 Å². The Hall–Kier alpha value is -3.07. The lowest BCUT2D eigenvalue weighted by molar-refractivity contribution is -0.123. The first-order valence-electron chi connectivity index (χ1n) is 9.25. The predicted molar refractivity (Wildman–Crippen MR) is 109 cm³/mol. The van der Waals surface area contributed by atoms with Crippen LogP contribution in [-0.4, -0.2) is 12.5 Å². The Morgan fingerprint density at radius 3 is 1.78 bits per heavy atom. The van der Waals surface area contributed by atoms with Crippen molar-refractivity contribution in [3.63, 3.8) is 0 Å². The third-order valence-corrected chi connectivity index (χ3v) is 4.49. The Kier molecular flexibility index (Phi) is 6.26. The summed E-state index contributed by atoms with van der Waals surface area (Å²) in [4.78, 5) is 12.5. The minimum atomic E-state index is -0.202. The highest BCUT2D eigenvalue weighted by atomic mass is 16.5. The molecule has 3 nitrogen and oxygen atoms in total. The Labute approximate surface area is 161 Å². The highest BCUT2D eigenvalue weighted by Gasteiger charge is 2.16. The smallest absolute Gasteiger partial charge is 0.258 e. The van der Waals surface area contributed by atoms with Crippen LogP contribution in [0.25, 0.3) is 0 Å². The van der Waals surface area contributed by atoms with E-state index in [0.29, 0.717) is 11.7 Å². The van der Waals surface area contributed by atoms with E-state index in [9.17, 15) is 4.79 Å². The fourth-order valence-electron chi connectivity index (χ4n) is 2.95. The van der Waals surface area contributed by atoms with Crippen molar-refractivity contribution >= 4 is 5.91 Å².